The lowest BCUT2D eigenvalue weighted by atomic mass is 10.1. The van der Waals surface area contributed by atoms with Gasteiger partial charge in [-0.25, -0.2) is 4.73 Å². The first-order valence-electron chi connectivity index (χ1n) is 8.12. The molecule has 122 valence electrons. The Labute approximate surface area is 141 Å². The van der Waals surface area contributed by atoms with Gasteiger partial charge in [0.2, 0.25) is 0 Å². The minimum atomic E-state index is 0.317. The standard InChI is InChI=1S/C19H20N4O/c1-3-22(4-2)19-17(15-11-7-5-8-12-15)20-21-18(23(19)24)16-13-9-6-10-14-16/h5-14H,3-4H2,1-2H3. The molecule has 0 aliphatic heterocycles. The second-order valence-electron chi connectivity index (χ2n) is 5.39. The number of hydrogen-bond acceptors (Lipinski definition) is 4. The van der Waals surface area contributed by atoms with E-state index in [2.05, 4.69) is 10.2 Å². The molecule has 0 spiro atoms. The highest BCUT2D eigenvalue weighted by Crippen LogP contribution is 2.26. The average molecular weight is 320 g/mol. The van der Waals surface area contributed by atoms with Crippen LogP contribution in [0.15, 0.2) is 60.7 Å². The fraction of sp³-hybridized carbons (Fsp3) is 0.211. The molecule has 1 heterocycles. The molecule has 1 aromatic heterocycles. The fourth-order valence-electron chi connectivity index (χ4n) is 2.73. The Morgan fingerprint density at radius 1 is 0.833 bits per heavy atom. The minimum Gasteiger partial charge on any atom is -0.740 e. The summed E-state index contributed by atoms with van der Waals surface area (Å²) in [6.45, 7) is 5.50. The number of benzene rings is 2. The lowest BCUT2D eigenvalue weighted by Gasteiger charge is -2.23. The third-order valence-corrected chi connectivity index (χ3v) is 3.98. The Hall–Kier alpha value is -2.95. The molecular weight excluding hydrogens is 300 g/mol. The van der Waals surface area contributed by atoms with E-state index in [1.54, 1.807) is 0 Å². The number of anilines is 1. The third kappa shape index (κ3) is 2.93. The number of rotatable bonds is 5. The molecular formula is C19H20N4O. The maximum absolute atomic E-state index is 13.1. The topological polar surface area (TPSA) is 56.0 Å². The van der Waals surface area contributed by atoms with Crippen molar-refractivity contribution in [3.8, 4) is 22.6 Å². The largest absolute Gasteiger partial charge is 0.740 e. The first-order chi connectivity index (χ1) is 11.8. The molecule has 0 amide bonds. The van der Waals surface area contributed by atoms with Gasteiger partial charge in [-0.05, 0) is 26.0 Å². The van der Waals surface area contributed by atoms with Gasteiger partial charge in [0.25, 0.3) is 11.6 Å². The first-order valence-corrected chi connectivity index (χ1v) is 8.12. The van der Waals surface area contributed by atoms with Crippen molar-refractivity contribution >= 4 is 5.82 Å². The van der Waals surface area contributed by atoms with Crippen molar-refractivity contribution in [1.82, 2.24) is 10.2 Å². The Morgan fingerprint density at radius 2 is 1.38 bits per heavy atom. The molecule has 0 saturated heterocycles. The van der Waals surface area contributed by atoms with Crippen LogP contribution in [0.3, 0.4) is 0 Å². The minimum absolute atomic E-state index is 0.317. The summed E-state index contributed by atoms with van der Waals surface area (Å²) in [5, 5.41) is 21.7. The maximum Gasteiger partial charge on any atom is 0.296 e. The summed E-state index contributed by atoms with van der Waals surface area (Å²) in [6, 6.07) is 19.1. The van der Waals surface area contributed by atoms with E-state index in [0.717, 1.165) is 28.9 Å². The molecule has 0 atom stereocenters. The van der Waals surface area contributed by atoms with E-state index in [4.69, 9.17) is 0 Å². The van der Waals surface area contributed by atoms with Crippen LogP contribution in [0.4, 0.5) is 5.82 Å². The van der Waals surface area contributed by atoms with Crippen molar-refractivity contribution in [3.63, 3.8) is 0 Å². The summed E-state index contributed by atoms with van der Waals surface area (Å²) < 4.78 is 0.900. The van der Waals surface area contributed by atoms with Gasteiger partial charge in [-0.3, -0.25) is 4.90 Å². The monoisotopic (exact) mass is 320 g/mol. The summed E-state index contributed by atoms with van der Waals surface area (Å²) in [5.41, 5.74) is 2.25. The maximum atomic E-state index is 13.1. The molecule has 0 aliphatic carbocycles. The molecule has 3 rings (SSSR count). The van der Waals surface area contributed by atoms with Crippen molar-refractivity contribution in [3.05, 3.63) is 65.9 Å². The van der Waals surface area contributed by atoms with E-state index < -0.39 is 0 Å². The van der Waals surface area contributed by atoms with Crippen LogP contribution in [-0.2, 0) is 0 Å². The Kier molecular flexibility index (Phi) is 4.70. The molecule has 0 radical (unpaired) electrons. The van der Waals surface area contributed by atoms with Gasteiger partial charge in [-0.15, -0.1) is 0 Å². The van der Waals surface area contributed by atoms with Crippen LogP contribution in [0.25, 0.3) is 22.6 Å². The second-order valence-corrected chi connectivity index (χ2v) is 5.39. The summed E-state index contributed by atoms with van der Waals surface area (Å²) in [7, 11) is 0. The molecule has 3 aromatic rings. The van der Waals surface area contributed by atoms with Crippen molar-refractivity contribution in [2.75, 3.05) is 18.0 Å². The second kappa shape index (κ2) is 7.08. The zero-order valence-corrected chi connectivity index (χ0v) is 13.9. The molecule has 24 heavy (non-hydrogen) atoms. The summed E-state index contributed by atoms with van der Waals surface area (Å²) in [6.07, 6.45) is 0. The van der Waals surface area contributed by atoms with Gasteiger partial charge < -0.3 is 5.21 Å². The highest BCUT2D eigenvalue weighted by Gasteiger charge is 2.24. The normalized spacial score (nSPS) is 10.6. The van der Waals surface area contributed by atoms with Gasteiger partial charge in [-0.1, -0.05) is 53.6 Å². The fourth-order valence-corrected chi connectivity index (χ4v) is 2.73. The number of hydrogen-bond donors (Lipinski definition) is 0. The smallest absolute Gasteiger partial charge is 0.296 e. The SMILES string of the molecule is CCN(CC)c1c(-c2ccccc2)nnc(-c2ccccc2)[n+]1[O-]. The zero-order valence-electron chi connectivity index (χ0n) is 13.9. The van der Waals surface area contributed by atoms with Crippen molar-refractivity contribution in [2.24, 2.45) is 0 Å². The lowest BCUT2D eigenvalue weighted by molar-refractivity contribution is -0.583. The molecule has 0 bridgehead atoms. The van der Waals surface area contributed by atoms with Gasteiger partial charge in [-0.2, -0.15) is 0 Å². The summed E-state index contributed by atoms with van der Waals surface area (Å²) in [5.74, 6) is 0.859. The first kappa shape index (κ1) is 15.9. The average Bonchev–Trinajstić information content (AvgIpc) is 2.65. The highest BCUT2D eigenvalue weighted by molar-refractivity contribution is 5.70. The molecule has 0 saturated carbocycles. The van der Waals surface area contributed by atoms with Crippen LogP contribution < -0.4 is 9.63 Å². The van der Waals surface area contributed by atoms with Crippen LogP contribution in [-0.4, -0.2) is 23.3 Å². The van der Waals surface area contributed by atoms with E-state index >= 15 is 0 Å². The molecule has 0 N–H and O–H groups in total. The predicted octanol–water partition coefficient (Wildman–Crippen LogP) is 3.29. The van der Waals surface area contributed by atoms with Crippen molar-refractivity contribution in [2.45, 2.75) is 13.8 Å². The molecule has 5 nitrogen and oxygen atoms in total. The van der Waals surface area contributed by atoms with E-state index in [0.29, 0.717) is 17.3 Å². The van der Waals surface area contributed by atoms with Gasteiger partial charge in [0, 0.05) is 10.7 Å². The van der Waals surface area contributed by atoms with E-state index in [9.17, 15) is 5.21 Å². The number of nitrogens with zero attached hydrogens (tertiary/aromatic N) is 4. The van der Waals surface area contributed by atoms with E-state index in [-0.39, 0.29) is 0 Å². The van der Waals surface area contributed by atoms with Crippen molar-refractivity contribution < 1.29 is 4.73 Å². The molecule has 0 fully saturated rings. The quantitative estimate of drug-likeness (QED) is 0.535. The predicted molar refractivity (Wildman–Crippen MR) is 95.4 cm³/mol. The van der Waals surface area contributed by atoms with Gasteiger partial charge in [0.05, 0.1) is 18.7 Å². The summed E-state index contributed by atoms with van der Waals surface area (Å²) in [4.78, 5) is 2.01. The van der Waals surface area contributed by atoms with E-state index in [1.807, 2.05) is 79.4 Å². The molecule has 0 unspecified atom stereocenters. The van der Waals surface area contributed by atoms with Crippen LogP contribution in [0.5, 0.6) is 0 Å². The molecule has 5 heteroatoms. The highest BCUT2D eigenvalue weighted by atomic mass is 16.5. The van der Waals surface area contributed by atoms with Gasteiger partial charge in [0.15, 0.2) is 5.69 Å². The Bertz CT molecular complexity index is 802. The lowest BCUT2D eigenvalue weighted by Crippen LogP contribution is -2.42. The molecule has 2 aromatic carbocycles. The molecule has 0 aliphatic rings. The van der Waals surface area contributed by atoms with Crippen LogP contribution in [0, 0.1) is 5.21 Å². The van der Waals surface area contributed by atoms with Gasteiger partial charge in [0.1, 0.15) is 0 Å². The number of aromatic nitrogens is 3. The van der Waals surface area contributed by atoms with E-state index in [1.165, 1.54) is 0 Å². The zero-order chi connectivity index (χ0) is 16.9. The van der Waals surface area contributed by atoms with Crippen LogP contribution in [0.1, 0.15) is 13.8 Å². The van der Waals surface area contributed by atoms with Crippen LogP contribution in [0.2, 0.25) is 0 Å². The van der Waals surface area contributed by atoms with Crippen molar-refractivity contribution in [1.29, 1.82) is 0 Å². The summed E-state index contributed by atoms with van der Waals surface area (Å²) >= 11 is 0. The third-order valence-electron chi connectivity index (χ3n) is 3.98. The Balaban J connectivity index is 2.23. The van der Waals surface area contributed by atoms with Crippen LogP contribution >= 0.6 is 0 Å². The van der Waals surface area contributed by atoms with Gasteiger partial charge >= 0.3 is 0 Å². The Morgan fingerprint density at radius 3 is 1.92 bits per heavy atom.